The van der Waals surface area contributed by atoms with Crippen molar-refractivity contribution in [3.63, 3.8) is 0 Å². The zero-order chi connectivity index (χ0) is 16.3. The molecule has 6 nitrogen and oxygen atoms in total. The molecule has 0 amide bonds. The Hall–Kier alpha value is -1.99. The van der Waals surface area contributed by atoms with Crippen molar-refractivity contribution in [1.29, 1.82) is 0 Å². The molecule has 0 spiro atoms. The van der Waals surface area contributed by atoms with Gasteiger partial charge in [-0.2, -0.15) is 9.29 Å². The van der Waals surface area contributed by atoms with E-state index in [9.17, 15) is 8.42 Å². The van der Waals surface area contributed by atoms with E-state index in [0.29, 0.717) is 29.7 Å². The number of benzene rings is 1. The Bertz CT molecular complexity index is 765. The molecule has 1 fully saturated rings. The van der Waals surface area contributed by atoms with Crippen LogP contribution in [0.3, 0.4) is 0 Å². The van der Waals surface area contributed by atoms with E-state index in [-0.39, 0.29) is 6.10 Å². The third-order valence-corrected chi connectivity index (χ3v) is 5.64. The van der Waals surface area contributed by atoms with E-state index in [4.69, 9.17) is 4.74 Å². The van der Waals surface area contributed by atoms with Gasteiger partial charge >= 0.3 is 0 Å². The van der Waals surface area contributed by atoms with E-state index in [1.807, 2.05) is 0 Å². The van der Waals surface area contributed by atoms with E-state index in [1.54, 1.807) is 49.5 Å². The van der Waals surface area contributed by atoms with Crippen LogP contribution in [0.2, 0.25) is 0 Å². The predicted octanol–water partition coefficient (Wildman–Crippen LogP) is 2.02. The van der Waals surface area contributed by atoms with Crippen molar-refractivity contribution < 1.29 is 13.2 Å². The first-order valence-electron chi connectivity index (χ1n) is 7.57. The Morgan fingerprint density at radius 3 is 2.74 bits per heavy atom. The summed E-state index contributed by atoms with van der Waals surface area (Å²) >= 11 is 0. The molecule has 1 unspecified atom stereocenters. The Balaban J connectivity index is 1.73. The maximum atomic E-state index is 12.7. The Morgan fingerprint density at radius 1 is 1.22 bits per heavy atom. The first-order valence-corrected chi connectivity index (χ1v) is 9.01. The molecule has 1 saturated heterocycles. The molecule has 23 heavy (non-hydrogen) atoms. The van der Waals surface area contributed by atoms with Crippen LogP contribution in [0.4, 0.5) is 0 Å². The van der Waals surface area contributed by atoms with Gasteiger partial charge in [-0.25, -0.2) is 13.4 Å². The van der Waals surface area contributed by atoms with Gasteiger partial charge in [-0.1, -0.05) is 18.2 Å². The molecule has 3 rings (SSSR count). The summed E-state index contributed by atoms with van der Waals surface area (Å²) in [7, 11) is -3.47. The van der Waals surface area contributed by atoms with E-state index in [2.05, 4.69) is 9.97 Å². The maximum absolute atomic E-state index is 12.7. The summed E-state index contributed by atoms with van der Waals surface area (Å²) in [6.45, 7) is 2.64. The van der Waals surface area contributed by atoms with Crippen molar-refractivity contribution >= 4 is 10.0 Å². The highest BCUT2D eigenvalue weighted by molar-refractivity contribution is 7.89. The average Bonchev–Trinajstić information content (AvgIpc) is 2.56. The van der Waals surface area contributed by atoms with Gasteiger partial charge in [-0.05, 0) is 31.9 Å². The van der Waals surface area contributed by atoms with E-state index in [1.165, 1.54) is 4.31 Å². The minimum atomic E-state index is -3.47. The summed E-state index contributed by atoms with van der Waals surface area (Å²) in [4.78, 5) is 8.56. The second-order valence-corrected chi connectivity index (χ2v) is 7.44. The van der Waals surface area contributed by atoms with Crippen LogP contribution >= 0.6 is 0 Å². The van der Waals surface area contributed by atoms with Gasteiger partial charge in [0.25, 0.3) is 0 Å². The molecule has 0 bridgehead atoms. The standard InChI is InChI=1S/C16H19N3O3S/c1-13-17-10-9-16(18-13)22-14-6-5-11-19(12-14)23(20,21)15-7-3-2-4-8-15/h2-4,7-10,14H,5-6,11-12H2,1H3. The molecule has 0 radical (unpaired) electrons. The highest BCUT2D eigenvalue weighted by Gasteiger charge is 2.31. The molecule has 1 atom stereocenters. The normalized spacial score (nSPS) is 19.4. The van der Waals surface area contributed by atoms with Crippen molar-refractivity contribution in [2.75, 3.05) is 13.1 Å². The fourth-order valence-corrected chi connectivity index (χ4v) is 4.16. The smallest absolute Gasteiger partial charge is 0.243 e. The molecule has 0 aliphatic carbocycles. The van der Waals surface area contributed by atoms with Crippen LogP contribution in [-0.2, 0) is 10.0 Å². The lowest BCUT2D eigenvalue weighted by Gasteiger charge is -2.31. The third-order valence-electron chi connectivity index (χ3n) is 3.76. The summed E-state index contributed by atoms with van der Waals surface area (Å²) in [5.41, 5.74) is 0. The second kappa shape index (κ2) is 6.64. The fraction of sp³-hybridized carbons (Fsp3) is 0.375. The molecule has 0 saturated carbocycles. The largest absolute Gasteiger partial charge is 0.473 e. The van der Waals surface area contributed by atoms with Crippen LogP contribution in [-0.4, -0.2) is 41.9 Å². The number of hydrogen-bond acceptors (Lipinski definition) is 5. The van der Waals surface area contributed by atoms with Gasteiger partial charge in [0.1, 0.15) is 11.9 Å². The van der Waals surface area contributed by atoms with Gasteiger partial charge in [0.2, 0.25) is 15.9 Å². The maximum Gasteiger partial charge on any atom is 0.243 e. The monoisotopic (exact) mass is 333 g/mol. The number of rotatable bonds is 4. The molecule has 1 aromatic carbocycles. The minimum absolute atomic E-state index is 0.198. The lowest BCUT2D eigenvalue weighted by atomic mass is 10.1. The third kappa shape index (κ3) is 3.68. The van der Waals surface area contributed by atoms with Gasteiger partial charge in [-0.15, -0.1) is 0 Å². The van der Waals surface area contributed by atoms with Crippen LogP contribution in [0, 0.1) is 6.92 Å². The van der Waals surface area contributed by atoms with Crippen LogP contribution < -0.4 is 4.74 Å². The number of aryl methyl sites for hydroxylation is 1. The lowest BCUT2D eigenvalue weighted by molar-refractivity contribution is 0.124. The first-order chi connectivity index (χ1) is 11.1. The number of sulfonamides is 1. The highest BCUT2D eigenvalue weighted by atomic mass is 32.2. The van der Waals surface area contributed by atoms with Crippen molar-refractivity contribution in [3.8, 4) is 5.88 Å². The second-order valence-electron chi connectivity index (χ2n) is 5.50. The zero-order valence-corrected chi connectivity index (χ0v) is 13.7. The molecular weight excluding hydrogens is 314 g/mol. The van der Waals surface area contributed by atoms with Crippen LogP contribution in [0.5, 0.6) is 5.88 Å². The molecule has 1 aromatic heterocycles. The van der Waals surface area contributed by atoms with Crippen LogP contribution in [0.15, 0.2) is 47.5 Å². The van der Waals surface area contributed by atoms with Crippen molar-refractivity contribution in [2.45, 2.75) is 30.8 Å². The van der Waals surface area contributed by atoms with Crippen LogP contribution in [0.25, 0.3) is 0 Å². The molecule has 0 N–H and O–H groups in total. The molecule has 122 valence electrons. The van der Waals surface area contributed by atoms with E-state index in [0.717, 1.165) is 12.8 Å². The van der Waals surface area contributed by atoms with Gasteiger partial charge in [0.15, 0.2) is 0 Å². The summed E-state index contributed by atoms with van der Waals surface area (Å²) in [6.07, 6.45) is 3.01. The lowest BCUT2D eigenvalue weighted by Crippen LogP contribution is -2.44. The number of nitrogens with zero attached hydrogens (tertiary/aromatic N) is 3. The fourth-order valence-electron chi connectivity index (χ4n) is 2.63. The van der Waals surface area contributed by atoms with Gasteiger partial charge in [0, 0.05) is 18.8 Å². The molecule has 2 aromatic rings. The molecular formula is C16H19N3O3S. The Labute approximate surface area is 136 Å². The molecule has 1 aliphatic rings. The first kappa shape index (κ1) is 15.9. The quantitative estimate of drug-likeness (QED) is 0.856. The molecule has 7 heteroatoms. The number of ether oxygens (including phenoxy) is 1. The Morgan fingerprint density at radius 2 is 2.00 bits per heavy atom. The topological polar surface area (TPSA) is 72.4 Å². The summed E-state index contributed by atoms with van der Waals surface area (Å²) in [5, 5.41) is 0. The van der Waals surface area contributed by atoms with E-state index < -0.39 is 10.0 Å². The number of aromatic nitrogens is 2. The molecule has 1 aliphatic heterocycles. The number of piperidine rings is 1. The van der Waals surface area contributed by atoms with E-state index >= 15 is 0 Å². The SMILES string of the molecule is Cc1nccc(OC2CCCN(S(=O)(=O)c3ccccc3)C2)n1. The van der Waals surface area contributed by atoms with Crippen molar-refractivity contribution in [3.05, 3.63) is 48.4 Å². The van der Waals surface area contributed by atoms with Crippen molar-refractivity contribution in [1.82, 2.24) is 14.3 Å². The summed E-state index contributed by atoms with van der Waals surface area (Å²) < 4.78 is 32.7. The average molecular weight is 333 g/mol. The molecule has 2 heterocycles. The summed E-state index contributed by atoms with van der Waals surface area (Å²) in [6, 6.07) is 10.2. The highest BCUT2D eigenvalue weighted by Crippen LogP contribution is 2.22. The summed E-state index contributed by atoms with van der Waals surface area (Å²) in [5.74, 6) is 1.12. The zero-order valence-electron chi connectivity index (χ0n) is 12.9. The number of hydrogen-bond donors (Lipinski definition) is 0. The Kier molecular flexibility index (Phi) is 4.58. The van der Waals surface area contributed by atoms with Gasteiger partial charge in [-0.3, -0.25) is 0 Å². The van der Waals surface area contributed by atoms with Gasteiger partial charge in [0.05, 0.1) is 11.4 Å². The predicted molar refractivity (Wildman–Crippen MR) is 85.6 cm³/mol. The van der Waals surface area contributed by atoms with Gasteiger partial charge < -0.3 is 4.74 Å². The van der Waals surface area contributed by atoms with Crippen LogP contribution in [0.1, 0.15) is 18.7 Å². The van der Waals surface area contributed by atoms with Crippen molar-refractivity contribution in [2.24, 2.45) is 0 Å². The minimum Gasteiger partial charge on any atom is -0.473 e.